The highest BCUT2D eigenvalue weighted by Crippen LogP contribution is 2.14. The molecule has 0 bridgehead atoms. The molecule has 0 fully saturated rings. The molecule has 2 aromatic rings. The summed E-state index contributed by atoms with van der Waals surface area (Å²) in [5.74, 6) is -0.389. The van der Waals surface area contributed by atoms with Crippen LogP contribution in [0.2, 0.25) is 0 Å². The molecule has 0 aliphatic heterocycles. The quantitative estimate of drug-likeness (QED) is 0.820. The number of ketones is 1. The molecule has 0 aliphatic carbocycles. The number of carbonyl (C=O) groups excluding carboxylic acids is 2. The highest BCUT2D eigenvalue weighted by atomic mass is 16.6. The van der Waals surface area contributed by atoms with E-state index in [-0.39, 0.29) is 18.2 Å². The van der Waals surface area contributed by atoms with Gasteiger partial charge < -0.3 is 10.5 Å². The summed E-state index contributed by atoms with van der Waals surface area (Å²) in [5, 5.41) is 0. The monoisotopic (exact) mass is 339 g/mol. The SMILES string of the molecule is CC(C)(C)OC(=O)c1ccc(CC(=O)[C@@H](N)Cc2ccccc2)cc1. The molecule has 0 saturated carbocycles. The molecule has 0 unspecified atom stereocenters. The lowest BCUT2D eigenvalue weighted by atomic mass is 9.98. The Labute approximate surface area is 149 Å². The highest BCUT2D eigenvalue weighted by molar-refractivity contribution is 5.90. The van der Waals surface area contributed by atoms with Crippen LogP contribution in [0.25, 0.3) is 0 Å². The second-order valence-corrected chi connectivity index (χ2v) is 7.14. The summed E-state index contributed by atoms with van der Waals surface area (Å²) < 4.78 is 5.32. The van der Waals surface area contributed by atoms with Crippen LogP contribution in [0.5, 0.6) is 0 Å². The summed E-state index contributed by atoms with van der Waals surface area (Å²) >= 11 is 0. The first-order valence-corrected chi connectivity index (χ1v) is 8.39. The minimum atomic E-state index is -0.534. The van der Waals surface area contributed by atoms with E-state index in [0.717, 1.165) is 11.1 Å². The van der Waals surface area contributed by atoms with Crippen LogP contribution < -0.4 is 5.73 Å². The Morgan fingerprint density at radius 3 is 2.12 bits per heavy atom. The van der Waals surface area contributed by atoms with Gasteiger partial charge in [-0.15, -0.1) is 0 Å². The second kappa shape index (κ2) is 8.08. The van der Waals surface area contributed by atoms with Gasteiger partial charge in [-0.3, -0.25) is 4.79 Å². The maximum Gasteiger partial charge on any atom is 0.338 e. The van der Waals surface area contributed by atoms with E-state index in [4.69, 9.17) is 10.5 Å². The van der Waals surface area contributed by atoms with Crippen molar-refractivity contribution in [2.75, 3.05) is 0 Å². The van der Waals surface area contributed by atoms with Gasteiger partial charge in [0, 0.05) is 6.42 Å². The predicted octanol–water partition coefficient (Wildman–Crippen LogP) is 3.32. The lowest BCUT2D eigenvalue weighted by Crippen LogP contribution is -2.33. The van der Waals surface area contributed by atoms with Crippen molar-refractivity contribution in [2.24, 2.45) is 5.73 Å². The molecule has 0 radical (unpaired) electrons. The zero-order chi connectivity index (χ0) is 18.4. The lowest BCUT2D eigenvalue weighted by Gasteiger charge is -2.19. The highest BCUT2D eigenvalue weighted by Gasteiger charge is 2.18. The summed E-state index contributed by atoms with van der Waals surface area (Å²) in [5.41, 5.74) is 7.84. The van der Waals surface area contributed by atoms with E-state index in [9.17, 15) is 9.59 Å². The molecule has 0 spiro atoms. The van der Waals surface area contributed by atoms with E-state index in [0.29, 0.717) is 12.0 Å². The van der Waals surface area contributed by atoms with E-state index in [2.05, 4.69) is 0 Å². The summed E-state index contributed by atoms with van der Waals surface area (Å²) in [6.07, 6.45) is 0.776. The van der Waals surface area contributed by atoms with E-state index in [1.807, 2.05) is 51.1 Å². The second-order valence-electron chi connectivity index (χ2n) is 7.14. The largest absolute Gasteiger partial charge is 0.456 e. The first-order valence-electron chi connectivity index (χ1n) is 8.39. The van der Waals surface area contributed by atoms with Gasteiger partial charge in [0.05, 0.1) is 11.6 Å². The molecule has 132 valence electrons. The lowest BCUT2D eigenvalue weighted by molar-refractivity contribution is -0.119. The van der Waals surface area contributed by atoms with E-state index in [1.165, 1.54) is 0 Å². The van der Waals surface area contributed by atoms with Crippen molar-refractivity contribution in [3.8, 4) is 0 Å². The standard InChI is InChI=1S/C21H25NO3/c1-21(2,3)25-20(24)17-11-9-16(10-12-17)14-19(23)18(22)13-15-7-5-4-6-8-15/h4-12,18H,13-14,22H2,1-3H3/t18-/m0/s1. The number of benzene rings is 2. The van der Waals surface area contributed by atoms with Crippen molar-refractivity contribution in [2.45, 2.75) is 45.3 Å². The Bertz CT molecular complexity index is 715. The normalized spacial score (nSPS) is 12.5. The minimum absolute atomic E-state index is 0.0196. The number of hydrogen-bond acceptors (Lipinski definition) is 4. The molecule has 0 aromatic heterocycles. The third-order valence-electron chi connectivity index (χ3n) is 3.68. The van der Waals surface area contributed by atoms with Crippen molar-refractivity contribution >= 4 is 11.8 Å². The van der Waals surface area contributed by atoms with Gasteiger partial charge in [-0.2, -0.15) is 0 Å². The maximum atomic E-state index is 12.3. The van der Waals surface area contributed by atoms with Crippen LogP contribution in [0.3, 0.4) is 0 Å². The number of carbonyl (C=O) groups is 2. The number of nitrogens with two attached hydrogens (primary N) is 1. The number of rotatable bonds is 6. The molecule has 1 atom stereocenters. The summed E-state index contributed by atoms with van der Waals surface area (Å²) in [6.45, 7) is 5.48. The van der Waals surface area contributed by atoms with Crippen LogP contribution in [0.4, 0.5) is 0 Å². The summed E-state index contributed by atoms with van der Waals surface area (Å²) in [7, 11) is 0. The molecule has 2 rings (SSSR count). The van der Waals surface area contributed by atoms with Crippen LogP contribution in [0.15, 0.2) is 54.6 Å². The molecule has 2 aromatic carbocycles. The Morgan fingerprint density at radius 2 is 1.56 bits per heavy atom. The van der Waals surface area contributed by atoms with Gasteiger partial charge >= 0.3 is 5.97 Å². The molecule has 0 heterocycles. The predicted molar refractivity (Wildman–Crippen MR) is 98.4 cm³/mol. The maximum absolute atomic E-state index is 12.3. The molecular formula is C21H25NO3. The average Bonchev–Trinajstić information content (AvgIpc) is 2.54. The van der Waals surface area contributed by atoms with Gasteiger partial charge in [0.25, 0.3) is 0 Å². The van der Waals surface area contributed by atoms with Crippen LogP contribution in [-0.4, -0.2) is 23.4 Å². The zero-order valence-electron chi connectivity index (χ0n) is 15.0. The van der Waals surface area contributed by atoms with Gasteiger partial charge in [0.15, 0.2) is 5.78 Å². The van der Waals surface area contributed by atoms with Crippen molar-refractivity contribution < 1.29 is 14.3 Å². The average molecular weight is 339 g/mol. The molecule has 0 saturated heterocycles. The zero-order valence-corrected chi connectivity index (χ0v) is 15.0. The van der Waals surface area contributed by atoms with Gasteiger partial charge in [-0.1, -0.05) is 42.5 Å². The Hall–Kier alpha value is -2.46. The van der Waals surface area contributed by atoms with Crippen LogP contribution >= 0.6 is 0 Å². The van der Waals surface area contributed by atoms with E-state index in [1.54, 1.807) is 24.3 Å². The van der Waals surface area contributed by atoms with Crippen molar-refractivity contribution in [1.82, 2.24) is 0 Å². The van der Waals surface area contributed by atoms with Crippen LogP contribution in [0.1, 0.15) is 42.3 Å². The number of hydrogen-bond donors (Lipinski definition) is 1. The van der Waals surface area contributed by atoms with Crippen molar-refractivity contribution in [3.63, 3.8) is 0 Å². The topological polar surface area (TPSA) is 69.4 Å². The molecule has 2 N–H and O–H groups in total. The van der Waals surface area contributed by atoms with Gasteiger partial charge in [-0.25, -0.2) is 4.79 Å². The van der Waals surface area contributed by atoms with E-state index < -0.39 is 11.6 Å². The van der Waals surface area contributed by atoms with Crippen molar-refractivity contribution in [1.29, 1.82) is 0 Å². The minimum Gasteiger partial charge on any atom is -0.456 e. The fourth-order valence-electron chi connectivity index (χ4n) is 2.41. The molecule has 4 heteroatoms. The van der Waals surface area contributed by atoms with Crippen LogP contribution in [-0.2, 0) is 22.4 Å². The fourth-order valence-corrected chi connectivity index (χ4v) is 2.41. The first kappa shape index (κ1) is 18.9. The Morgan fingerprint density at radius 1 is 0.960 bits per heavy atom. The van der Waals surface area contributed by atoms with Gasteiger partial charge in [-0.05, 0) is 50.5 Å². The van der Waals surface area contributed by atoms with Crippen molar-refractivity contribution in [3.05, 3.63) is 71.3 Å². The van der Waals surface area contributed by atoms with Gasteiger partial charge in [0.2, 0.25) is 0 Å². The number of Topliss-reactive ketones (excluding diaryl/α,β-unsaturated/α-hetero) is 1. The molecule has 4 nitrogen and oxygen atoms in total. The Balaban J connectivity index is 1.94. The summed E-state index contributed by atoms with van der Waals surface area (Å²) in [6, 6.07) is 16.1. The molecular weight excluding hydrogens is 314 g/mol. The third kappa shape index (κ3) is 6.16. The number of esters is 1. The van der Waals surface area contributed by atoms with Gasteiger partial charge in [0.1, 0.15) is 5.60 Å². The molecule has 25 heavy (non-hydrogen) atoms. The Kier molecular flexibility index (Phi) is 6.10. The van der Waals surface area contributed by atoms with E-state index >= 15 is 0 Å². The van der Waals surface area contributed by atoms with Crippen LogP contribution in [0, 0.1) is 0 Å². The third-order valence-corrected chi connectivity index (χ3v) is 3.68. The molecule has 0 aliphatic rings. The fraction of sp³-hybridized carbons (Fsp3) is 0.333. The first-order chi connectivity index (χ1) is 11.7. The smallest absolute Gasteiger partial charge is 0.338 e. The molecule has 0 amide bonds. The number of ether oxygens (including phenoxy) is 1. The summed E-state index contributed by atoms with van der Waals surface area (Å²) in [4.78, 5) is 24.3.